The molecule has 7 heteroatoms. The summed E-state index contributed by atoms with van der Waals surface area (Å²) in [5.74, 6) is 4.98. The first-order valence-corrected chi connectivity index (χ1v) is 10.3. The van der Waals surface area contributed by atoms with Gasteiger partial charge in [0.2, 0.25) is 0 Å². The molecule has 3 rings (SSSR count). The highest BCUT2D eigenvalue weighted by molar-refractivity contribution is 9.10. The van der Waals surface area contributed by atoms with Crippen molar-refractivity contribution in [3.05, 3.63) is 58.7 Å². The van der Waals surface area contributed by atoms with Crippen molar-refractivity contribution in [2.24, 2.45) is 0 Å². The van der Waals surface area contributed by atoms with Crippen LogP contribution in [-0.4, -0.2) is 24.0 Å². The van der Waals surface area contributed by atoms with Gasteiger partial charge >= 0.3 is 0 Å². The average molecular weight is 462 g/mol. The van der Waals surface area contributed by atoms with Gasteiger partial charge in [-0.25, -0.2) is 0 Å². The van der Waals surface area contributed by atoms with Crippen molar-refractivity contribution in [2.45, 2.75) is 13.3 Å². The molecule has 0 bridgehead atoms. The molecule has 0 saturated heterocycles. The van der Waals surface area contributed by atoms with Crippen LogP contribution >= 0.6 is 15.9 Å². The van der Waals surface area contributed by atoms with Gasteiger partial charge in [-0.1, -0.05) is 34.8 Å². The molecule has 150 valence electrons. The molecule has 2 aromatic carbocycles. The number of halogens is 1. The zero-order valence-corrected chi connectivity index (χ0v) is 18.0. The first-order chi connectivity index (χ1) is 14.6. The lowest BCUT2D eigenvalue weighted by Crippen LogP contribution is -2.15. The number of benzene rings is 2. The predicted octanol–water partition coefficient (Wildman–Crippen LogP) is 4.55. The second-order valence-corrected chi connectivity index (χ2v) is 7.37. The summed E-state index contributed by atoms with van der Waals surface area (Å²) in [7, 11) is 0. The number of anilines is 3. The van der Waals surface area contributed by atoms with E-state index in [2.05, 4.69) is 61.7 Å². The minimum atomic E-state index is -0.390. The van der Waals surface area contributed by atoms with Crippen LogP contribution in [0.4, 0.5) is 17.1 Å². The van der Waals surface area contributed by atoms with Crippen LogP contribution in [0, 0.1) is 23.2 Å². The molecule has 0 atom stereocenters. The molecule has 0 spiro atoms. The minimum absolute atomic E-state index is 0.390. The lowest BCUT2D eigenvalue weighted by atomic mass is 10.1. The Kier molecular flexibility index (Phi) is 7.40. The fourth-order valence-electron chi connectivity index (χ4n) is 2.81. The number of nitriles is 1. The van der Waals surface area contributed by atoms with E-state index < -0.39 is 5.91 Å². The monoisotopic (exact) mass is 461 g/mol. The van der Waals surface area contributed by atoms with E-state index in [1.807, 2.05) is 24.3 Å². The summed E-state index contributed by atoms with van der Waals surface area (Å²) >= 11 is 3.45. The topological polar surface area (TPSA) is 89.8 Å². The Morgan fingerprint density at radius 2 is 2.07 bits per heavy atom. The molecule has 1 heterocycles. The first-order valence-electron chi connectivity index (χ1n) is 9.46. The maximum absolute atomic E-state index is 12.1. The van der Waals surface area contributed by atoms with Crippen LogP contribution in [0.5, 0.6) is 0 Å². The van der Waals surface area contributed by atoms with Gasteiger partial charge in [0.25, 0.3) is 5.91 Å². The Balaban J connectivity index is 1.88. The lowest BCUT2D eigenvalue weighted by molar-refractivity contribution is -0.111. The molecule has 0 aliphatic rings. The molecule has 6 nitrogen and oxygen atoms in total. The number of hydrogen-bond acceptors (Lipinski definition) is 5. The number of amides is 1. The Hall–Kier alpha value is -3.39. The van der Waals surface area contributed by atoms with E-state index in [1.165, 1.54) is 6.20 Å². The molecule has 1 amide bonds. The van der Waals surface area contributed by atoms with Crippen molar-refractivity contribution >= 4 is 49.8 Å². The lowest BCUT2D eigenvalue weighted by Gasteiger charge is -2.13. The van der Waals surface area contributed by atoms with Crippen LogP contribution in [0.1, 0.15) is 18.9 Å². The third kappa shape index (κ3) is 5.57. The van der Waals surface area contributed by atoms with E-state index in [-0.39, 0.29) is 0 Å². The Morgan fingerprint density at radius 3 is 2.83 bits per heavy atom. The standard InChI is InChI=1S/C23H20BrN5O/c1-2-10-26-11-4-7-22(30)28-19-8-9-21-20(13-19)23(16(14-25)15-27-21)29-18-6-3-5-17(24)12-18/h3,5-6,8-9,12-13,15,26H,2,10-11H2,1H3,(H,27,29)(H,28,30). The van der Waals surface area contributed by atoms with Crippen LogP contribution in [0.15, 0.2) is 53.1 Å². The number of nitrogens with zero attached hydrogens (tertiary/aromatic N) is 2. The molecule has 0 radical (unpaired) electrons. The second kappa shape index (κ2) is 10.4. The number of rotatable bonds is 6. The summed E-state index contributed by atoms with van der Waals surface area (Å²) < 4.78 is 0.921. The van der Waals surface area contributed by atoms with Crippen molar-refractivity contribution in [1.82, 2.24) is 10.3 Å². The number of nitrogens with one attached hydrogen (secondary N) is 3. The van der Waals surface area contributed by atoms with E-state index >= 15 is 0 Å². The van der Waals surface area contributed by atoms with Gasteiger partial charge in [0.05, 0.1) is 23.3 Å². The number of carbonyl (C=O) groups is 1. The highest BCUT2D eigenvalue weighted by Crippen LogP contribution is 2.31. The van der Waals surface area contributed by atoms with Gasteiger partial charge in [-0.05, 0) is 55.3 Å². The molecule has 30 heavy (non-hydrogen) atoms. The van der Waals surface area contributed by atoms with Gasteiger partial charge in [0.1, 0.15) is 6.07 Å². The van der Waals surface area contributed by atoms with E-state index in [1.54, 1.807) is 18.2 Å². The maximum Gasteiger partial charge on any atom is 0.300 e. The largest absolute Gasteiger partial charge is 0.354 e. The normalized spacial score (nSPS) is 10.0. The third-order valence-electron chi connectivity index (χ3n) is 4.18. The quantitative estimate of drug-likeness (QED) is 0.369. The summed E-state index contributed by atoms with van der Waals surface area (Å²) in [5.41, 5.74) is 3.16. The van der Waals surface area contributed by atoms with Gasteiger partial charge < -0.3 is 16.0 Å². The summed E-state index contributed by atoms with van der Waals surface area (Å²) in [4.78, 5) is 16.5. The van der Waals surface area contributed by atoms with E-state index in [4.69, 9.17) is 0 Å². The van der Waals surface area contributed by atoms with Crippen LogP contribution in [0.2, 0.25) is 0 Å². The SMILES string of the molecule is CCCNCC#CC(=O)Nc1ccc2ncc(C#N)c(Nc3cccc(Br)c3)c2c1. The number of carbonyl (C=O) groups excluding carboxylic acids is 1. The fraction of sp³-hybridized carbons (Fsp3) is 0.174. The first kappa shape index (κ1) is 21.3. The average Bonchev–Trinajstić information content (AvgIpc) is 2.74. The van der Waals surface area contributed by atoms with E-state index in [0.29, 0.717) is 29.0 Å². The Labute approximate surface area is 183 Å². The van der Waals surface area contributed by atoms with Crippen molar-refractivity contribution in [3.8, 4) is 17.9 Å². The molecule has 0 aliphatic heterocycles. The zero-order valence-electron chi connectivity index (χ0n) is 16.4. The van der Waals surface area contributed by atoms with Crippen LogP contribution in [0.3, 0.4) is 0 Å². The Morgan fingerprint density at radius 1 is 1.20 bits per heavy atom. The molecule has 0 fully saturated rings. The van der Waals surface area contributed by atoms with Crippen molar-refractivity contribution in [2.75, 3.05) is 23.7 Å². The molecule has 0 saturated carbocycles. The third-order valence-corrected chi connectivity index (χ3v) is 4.68. The van der Waals surface area contributed by atoms with E-state index in [0.717, 1.165) is 28.5 Å². The van der Waals surface area contributed by atoms with Crippen molar-refractivity contribution in [3.63, 3.8) is 0 Å². The van der Waals surface area contributed by atoms with Gasteiger partial charge in [0, 0.05) is 27.4 Å². The van der Waals surface area contributed by atoms with Crippen molar-refractivity contribution in [1.29, 1.82) is 5.26 Å². The second-order valence-electron chi connectivity index (χ2n) is 6.46. The zero-order chi connectivity index (χ0) is 21.3. The predicted molar refractivity (Wildman–Crippen MR) is 123 cm³/mol. The summed E-state index contributed by atoms with van der Waals surface area (Å²) in [6, 6.07) is 15.2. The van der Waals surface area contributed by atoms with Gasteiger partial charge in [-0.2, -0.15) is 5.26 Å². The number of aromatic nitrogens is 1. The van der Waals surface area contributed by atoms with Crippen LogP contribution < -0.4 is 16.0 Å². The van der Waals surface area contributed by atoms with Crippen molar-refractivity contribution < 1.29 is 4.79 Å². The smallest absolute Gasteiger partial charge is 0.300 e. The summed E-state index contributed by atoms with van der Waals surface area (Å²) in [5, 5.41) is 19.5. The summed E-state index contributed by atoms with van der Waals surface area (Å²) in [6.45, 7) is 3.40. The highest BCUT2D eigenvalue weighted by Gasteiger charge is 2.11. The number of pyridine rings is 1. The molecular formula is C23H20BrN5O. The highest BCUT2D eigenvalue weighted by atomic mass is 79.9. The molecule has 1 aromatic heterocycles. The molecular weight excluding hydrogens is 442 g/mol. The molecule has 3 aromatic rings. The fourth-order valence-corrected chi connectivity index (χ4v) is 3.21. The van der Waals surface area contributed by atoms with Crippen LogP contribution in [0.25, 0.3) is 10.9 Å². The molecule has 3 N–H and O–H groups in total. The number of hydrogen-bond donors (Lipinski definition) is 3. The Bertz CT molecular complexity index is 1170. The van der Waals surface area contributed by atoms with Gasteiger partial charge in [0.15, 0.2) is 0 Å². The van der Waals surface area contributed by atoms with E-state index in [9.17, 15) is 10.1 Å². The number of fused-ring (bicyclic) bond motifs is 1. The minimum Gasteiger partial charge on any atom is -0.354 e. The van der Waals surface area contributed by atoms with Crippen LogP contribution in [-0.2, 0) is 4.79 Å². The molecule has 0 unspecified atom stereocenters. The van der Waals surface area contributed by atoms with Gasteiger partial charge in [-0.3, -0.25) is 9.78 Å². The molecule has 0 aliphatic carbocycles. The van der Waals surface area contributed by atoms with Gasteiger partial charge in [-0.15, -0.1) is 0 Å². The summed E-state index contributed by atoms with van der Waals surface area (Å²) in [6.07, 6.45) is 2.55. The maximum atomic E-state index is 12.1.